The number of carbonyl (C=O) groups is 1. The smallest absolute Gasteiger partial charge is 0.258 e. The molecule has 2 aromatic carbocycles. The molecule has 138 valence electrons. The molecule has 1 heterocycles. The molecule has 0 N–H and O–H groups in total. The Labute approximate surface area is 155 Å². The van der Waals surface area contributed by atoms with Crippen LogP contribution < -0.4 is 4.90 Å². The quantitative estimate of drug-likeness (QED) is 0.807. The van der Waals surface area contributed by atoms with Crippen LogP contribution in [0.2, 0.25) is 0 Å². The van der Waals surface area contributed by atoms with E-state index in [-0.39, 0.29) is 10.8 Å². The molecule has 0 aromatic heterocycles. The molecular weight excluding hydrogens is 348 g/mol. The van der Waals surface area contributed by atoms with Crippen molar-refractivity contribution in [3.63, 3.8) is 0 Å². The van der Waals surface area contributed by atoms with E-state index in [1.807, 2.05) is 37.3 Å². The van der Waals surface area contributed by atoms with Gasteiger partial charge in [-0.15, -0.1) is 0 Å². The van der Waals surface area contributed by atoms with Crippen molar-refractivity contribution in [3.8, 4) is 0 Å². The number of anilines is 1. The number of hydrogen-bond donors (Lipinski definition) is 0. The number of benzene rings is 2. The lowest BCUT2D eigenvalue weighted by atomic mass is 10.2. The summed E-state index contributed by atoms with van der Waals surface area (Å²) < 4.78 is 27.0. The second kappa shape index (κ2) is 8.01. The van der Waals surface area contributed by atoms with Crippen LogP contribution >= 0.6 is 0 Å². The molecule has 1 saturated heterocycles. The van der Waals surface area contributed by atoms with Gasteiger partial charge in [0.05, 0.1) is 4.90 Å². The third-order valence-corrected chi connectivity index (χ3v) is 6.60. The summed E-state index contributed by atoms with van der Waals surface area (Å²) in [5.74, 6) is -0.138. The Morgan fingerprint density at radius 2 is 1.58 bits per heavy atom. The fourth-order valence-corrected chi connectivity index (χ4v) is 4.75. The first-order chi connectivity index (χ1) is 12.5. The van der Waals surface area contributed by atoms with Crippen LogP contribution in [0.5, 0.6) is 0 Å². The first-order valence-corrected chi connectivity index (χ1v) is 10.4. The van der Waals surface area contributed by atoms with Crippen LogP contribution in [0, 0.1) is 0 Å². The standard InChI is InChI=1S/C20H24N2O3S/c1-2-22(18-9-5-3-6-10-18)20(23)17-11-13-19(14-12-17)26(24,25)21-15-7-4-8-16-21/h3,5-6,9-14H,2,4,7-8,15-16H2,1H3. The van der Waals surface area contributed by atoms with Crippen LogP contribution in [-0.2, 0) is 10.0 Å². The predicted octanol–water partition coefficient (Wildman–Crippen LogP) is 3.53. The summed E-state index contributed by atoms with van der Waals surface area (Å²) in [6.45, 7) is 3.60. The minimum Gasteiger partial charge on any atom is -0.309 e. The van der Waals surface area contributed by atoms with Crippen LogP contribution in [0.3, 0.4) is 0 Å². The average molecular weight is 372 g/mol. The van der Waals surface area contributed by atoms with Crippen LogP contribution in [-0.4, -0.2) is 38.3 Å². The maximum absolute atomic E-state index is 12.8. The van der Waals surface area contributed by atoms with E-state index in [0.717, 1.165) is 24.9 Å². The fourth-order valence-electron chi connectivity index (χ4n) is 3.23. The summed E-state index contributed by atoms with van der Waals surface area (Å²) in [6, 6.07) is 15.7. The van der Waals surface area contributed by atoms with E-state index in [1.165, 1.54) is 16.4 Å². The minimum atomic E-state index is -3.47. The molecule has 0 atom stereocenters. The predicted molar refractivity (Wildman–Crippen MR) is 103 cm³/mol. The lowest BCUT2D eigenvalue weighted by Crippen LogP contribution is -2.35. The zero-order valence-electron chi connectivity index (χ0n) is 15.0. The molecular formula is C20H24N2O3S. The number of nitrogens with zero attached hydrogens (tertiary/aromatic N) is 2. The topological polar surface area (TPSA) is 57.7 Å². The summed E-state index contributed by atoms with van der Waals surface area (Å²) in [6.07, 6.45) is 2.88. The third-order valence-electron chi connectivity index (χ3n) is 4.68. The summed E-state index contributed by atoms with van der Waals surface area (Å²) in [4.78, 5) is 14.7. The Morgan fingerprint density at radius 3 is 2.15 bits per heavy atom. The highest BCUT2D eigenvalue weighted by atomic mass is 32.2. The van der Waals surface area contributed by atoms with Crippen LogP contribution in [0.25, 0.3) is 0 Å². The summed E-state index contributed by atoms with van der Waals surface area (Å²) in [5, 5.41) is 0. The van der Waals surface area contributed by atoms with Gasteiger partial charge in [-0.05, 0) is 56.2 Å². The van der Waals surface area contributed by atoms with Gasteiger partial charge < -0.3 is 4.90 Å². The van der Waals surface area contributed by atoms with Gasteiger partial charge in [-0.1, -0.05) is 24.6 Å². The highest BCUT2D eigenvalue weighted by Gasteiger charge is 2.26. The van der Waals surface area contributed by atoms with Gasteiger partial charge in [0.15, 0.2) is 0 Å². The van der Waals surface area contributed by atoms with E-state index in [4.69, 9.17) is 0 Å². The number of sulfonamides is 1. The largest absolute Gasteiger partial charge is 0.309 e. The maximum Gasteiger partial charge on any atom is 0.258 e. The lowest BCUT2D eigenvalue weighted by molar-refractivity contribution is 0.0988. The van der Waals surface area contributed by atoms with Gasteiger partial charge in [0.25, 0.3) is 5.91 Å². The molecule has 1 amide bonds. The molecule has 0 saturated carbocycles. The van der Waals surface area contributed by atoms with Crippen LogP contribution in [0.1, 0.15) is 36.5 Å². The van der Waals surface area contributed by atoms with Crippen molar-refractivity contribution in [1.82, 2.24) is 4.31 Å². The molecule has 0 aliphatic carbocycles. The molecule has 1 aliphatic heterocycles. The van der Waals surface area contributed by atoms with Gasteiger partial charge in [-0.2, -0.15) is 4.31 Å². The third kappa shape index (κ3) is 3.81. The fraction of sp³-hybridized carbons (Fsp3) is 0.350. The average Bonchev–Trinajstić information content (AvgIpc) is 2.70. The molecule has 26 heavy (non-hydrogen) atoms. The molecule has 1 fully saturated rings. The van der Waals surface area contributed by atoms with Crippen molar-refractivity contribution in [2.45, 2.75) is 31.1 Å². The van der Waals surface area contributed by atoms with Crippen molar-refractivity contribution in [1.29, 1.82) is 0 Å². The second-order valence-corrected chi connectivity index (χ2v) is 8.31. The molecule has 0 radical (unpaired) electrons. The molecule has 0 unspecified atom stereocenters. The van der Waals surface area contributed by atoms with Gasteiger partial charge in [-0.25, -0.2) is 8.42 Å². The SMILES string of the molecule is CCN(C(=O)c1ccc(S(=O)(=O)N2CCCCC2)cc1)c1ccccc1. The van der Waals surface area contributed by atoms with Crippen molar-refractivity contribution < 1.29 is 13.2 Å². The van der Waals surface area contributed by atoms with Crippen LogP contribution in [0.15, 0.2) is 59.5 Å². The Hall–Kier alpha value is -2.18. The molecule has 1 aliphatic rings. The molecule has 5 nitrogen and oxygen atoms in total. The monoisotopic (exact) mass is 372 g/mol. The summed E-state index contributed by atoms with van der Waals surface area (Å²) in [7, 11) is -3.47. The Bertz CT molecular complexity index is 842. The van der Waals surface area contributed by atoms with E-state index >= 15 is 0 Å². The number of para-hydroxylation sites is 1. The summed E-state index contributed by atoms with van der Waals surface area (Å²) >= 11 is 0. The van der Waals surface area contributed by atoms with E-state index in [0.29, 0.717) is 25.2 Å². The van der Waals surface area contributed by atoms with Crippen molar-refractivity contribution >= 4 is 21.6 Å². The lowest BCUT2D eigenvalue weighted by Gasteiger charge is -2.26. The first kappa shape index (κ1) is 18.6. The van der Waals surface area contributed by atoms with Gasteiger partial charge >= 0.3 is 0 Å². The van der Waals surface area contributed by atoms with Gasteiger partial charge in [0.1, 0.15) is 0 Å². The van der Waals surface area contributed by atoms with E-state index in [2.05, 4.69) is 0 Å². The zero-order chi connectivity index (χ0) is 18.6. The Kier molecular flexibility index (Phi) is 5.74. The van der Waals surface area contributed by atoms with E-state index in [9.17, 15) is 13.2 Å². The summed E-state index contributed by atoms with van der Waals surface area (Å²) in [5.41, 5.74) is 1.30. The molecule has 0 spiro atoms. The van der Waals surface area contributed by atoms with Crippen LogP contribution in [0.4, 0.5) is 5.69 Å². The van der Waals surface area contributed by atoms with Crippen molar-refractivity contribution in [2.24, 2.45) is 0 Å². The van der Waals surface area contributed by atoms with Crippen molar-refractivity contribution in [3.05, 3.63) is 60.2 Å². The van der Waals surface area contributed by atoms with E-state index < -0.39 is 10.0 Å². The minimum absolute atomic E-state index is 0.138. The molecule has 6 heteroatoms. The first-order valence-electron chi connectivity index (χ1n) is 9.01. The Morgan fingerprint density at radius 1 is 0.962 bits per heavy atom. The van der Waals surface area contributed by atoms with Gasteiger partial charge in [0, 0.05) is 30.9 Å². The number of carbonyl (C=O) groups excluding carboxylic acids is 1. The zero-order valence-corrected chi connectivity index (χ0v) is 15.8. The normalized spacial score (nSPS) is 15.6. The van der Waals surface area contributed by atoms with Gasteiger partial charge in [0.2, 0.25) is 10.0 Å². The molecule has 0 bridgehead atoms. The van der Waals surface area contributed by atoms with Gasteiger partial charge in [-0.3, -0.25) is 4.79 Å². The van der Waals surface area contributed by atoms with Crippen molar-refractivity contribution in [2.75, 3.05) is 24.5 Å². The molecule has 2 aromatic rings. The number of hydrogen-bond acceptors (Lipinski definition) is 3. The highest BCUT2D eigenvalue weighted by molar-refractivity contribution is 7.89. The Balaban J connectivity index is 1.81. The second-order valence-electron chi connectivity index (χ2n) is 6.37. The maximum atomic E-state index is 12.8. The number of rotatable bonds is 5. The number of piperidine rings is 1. The highest BCUT2D eigenvalue weighted by Crippen LogP contribution is 2.22. The molecule has 3 rings (SSSR count). The number of amides is 1. The van der Waals surface area contributed by atoms with E-state index in [1.54, 1.807) is 17.0 Å².